The number of anilines is 1. The van der Waals surface area contributed by atoms with Crippen LogP contribution in [0.2, 0.25) is 0 Å². The lowest BCUT2D eigenvalue weighted by Gasteiger charge is -2.27. The third-order valence-corrected chi connectivity index (χ3v) is 5.31. The van der Waals surface area contributed by atoms with E-state index in [0.717, 1.165) is 34.8 Å². The molecule has 1 aliphatic rings. The van der Waals surface area contributed by atoms with Crippen LogP contribution in [0.5, 0.6) is 0 Å². The van der Waals surface area contributed by atoms with Crippen molar-refractivity contribution in [1.82, 2.24) is 0 Å². The Hall–Kier alpha value is -1.61. The first-order chi connectivity index (χ1) is 11.0. The quantitative estimate of drug-likeness (QED) is 0.761. The third kappa shape index (κ3) is 3.84. The van der Waals surface area contributed by atoms with Crippen LogP contribution in [0, 0.1) is 11.8 Å². The number of halogens is 1. The molecule has 0 spiro atoms. The van der Waals surface area contributed by atoms with Crippen molar-refractivity contribution < 1.29 is 4.79 Å². The lowest BCUT2D eigenvalue weighted by Crippen LogP contribution is -2.19. The van der Waals surface area contributed by atoms with E-state index >= 15 is 0 Å². The molecule has 0 saturated heterocycles. The molecule has 1 aliphatic carbocycles. The van der Waals surface area contributed by atoms with E-state index in [1.54, 1.807) is 0 Å². The zero-order valence-corrected chi connectivity index (χ0v) is 15.2. The average Bonchev–Trinajstić information content (AvgIpc) is 2.54. The Morgan fingerprint density at radius 2 is 1.87 bits per heavy atom. The topological polar surface area (TPSA) is 29.1 Å². The Kier molecular flexibility index (Phi) is 4.86. The van der Waals surface area contributed by atoms with Crippen LogP contribution >= 0.6 is 15.9 Å². The molecule has 1 unspecified atom stereocenters. The van der Waals surface area contributed by atoms with Gasteiger partial charge in [0.05, 0.1) is 0 Å². The normalized spacial score (nSPS) is 17.0. The maximum absolute atomic E-state index is 12.3. The summed E-state index contributed by atoms with van der Waals surface area (Å²) in [5.74, 6) is 1.46. The fourth-order valence-electron chi connectivity index (χ4n) is 3.23. The van der Waals surface area contributed by atoms with E-state index in [9.17, 15) is 4.79 Å². The Morgan fingerprint density at radius 3 is 2.57 bits per heavy atom. The van der Waals surface area contributed by atoms with Gasteiger partial charge in [0.1, 0.15) is 0 Å². The molecule has 2 nitrogen and oxygen atoms in total. The molecule has 1 atom stereocenters. The van der Waals surface area contributed by atoms with Gasteiger partial charge in [-0.3, -0.25) is 4.79 Å². The summed E-state index contributed by atoms with van der Waals surface area (Å²) in [7, 11) is 0. The van der Waals surface area contributed by atoms with Crippen LogP contribution in [0.1, 0.15) is 41.8 Å². The molecule has 120 valence electrons. The van der Waals surface area contributed by atoms with E-state index in [-0.39, 0.29) is 5.91 Å². The van der Waals surface area contributed by atoms with Crippen LogP contribution in [0.3, 0.4) is 0 Å². The highest BCUT2D eigenvalue weighted by atomic mass is 79.9. The van der Waals surface area contributed by atoms with Crippen LogP contribution in [0.15, 0.2) is 46.9 Å². The van der Waals surface area contributed by atoms with Gasteiger partial charge in [-0.2, -0.15) is 0 Å². The number of hydrogen-bond acceptors (Lipinski definition) is 1. The van der Waals surface area contributed by atoms with E-state index in [1.165, 1.54) is 17.5 Å². The number of aryl methyl sites for hydroxylation is 1. The van der Waals surface area contributed by atoms with Crippen LogP contribution in [0.4, 0.5) is 5.69 Å². The predicted octanol–water partition coefficient (Wildman–Crippen LogP) is 5.46. The average molecular weight is 372 g/mol. The molecule has 3 heteroatoms. The van der Waals surface area contributed by atoms with Crippen molar-refractivity contribution in [1.29, 1.82) is 0 Å². The number of hydrogen-bond donors (Lipinski definition) is 1. The molecule has 0 radical (unpaired) electrons. The summed E-state index contributed by atoms with van der Waals surface area (Å²) in [6, 6.07) is 13.8. The summed E-state index contributed by atoms with van der Waals surface area (Å²) in [5.41, 5.74) is 4.39. The van der Waals surface area contributed by atoms with Gasteiger partial charge in [-0.05, 0) is 78.6 Å². The van der Waals surface area contributed by atoms with E-state index in [0.29, 0.717) is 5.56 Å². The lowest BCUT2D eigenvalue weighted by atomic mass is 9.78. The first-order valence-corrected chi connectivity index (χ1v) is 9.01. The molecule has 0 fully saturated rings. The van der Waals surface area contributed by atoms with Crippen molar-refractivity contribution in [3.05, 3.63) is 63.6 Å². The van der Waals surface area contributed by atoms with Gasteiger partial charge in [0.15, 0.2) is 0 Å². The zero-order chi connectivity index (χ0) is 16.4. The van der Waals surface area contributed by atoms with Gasteiger partial charge < -0.3 is 5.32 Å². The maximum Gasteiger partial charge on any atom is 0.255 e. The highest BCUT2D eigenvalue weighted by Gasteiger charge is 2.21. The first kappa shape index (κ1) is 16.3. The monoisotopic (exact) mass is 371 g/mol. The van der Waals surface area contributed by atoms with Gasteiger partial charge in [0, 0.05) is 15.7 Å². The second-order valence-corrected chi connectivity index (χ2v) is 7.61. The van der Waals surface area contributed by atoms with Gasteiger partial charge >= 0.3 is 0 Å². The lowest BCUT2D eigenvalue weighted by molar-refractivity contribution is 0.102. The van der Waals surface area contributed by atoms with Crippen LogP contribution in [-0.2, 0) is 12.8 Å². The minimum absolute atomic E-state index is 0.0617. The summed E-state index contributed by atoms with van der Waals surface area (Å²) in [6.45, 7) is 4.62. The highest BCUT2D eigenvalue weighted by Crippen LogP contribution is 2.31. The Bertz CT molecular complexity index is 706. The van der Waals surface area contributed by atoms with Gasteiger partial charge in [-0.25, -0.2) is 0 Å². The van der Waals surface area contributed by atoms with Crippen LogP contribution < -0.4 is 5.32 Å². The number of carbonyl (C=O) groups is 1. The van der Waals surface area contributed by atoms with Crippen molar-refractivity contribution in [3.8, 4) is 0 Å². The van der Waals surface area contributed by atoms with E-state index < -0.39 is 0 Å². The summed E-state index contributed by atoms with van der Waals surface area (Å²) in [4.78, 5) is 12.3. The summed E-state index contributed by atoms with van der Waals surface area (Å²) >= 11 is 3.39. The highest BCUT2D eigenvalue weighted by molar-refractivity contribution is 9.10. The molecular formula is C20H22BrNO. The second kappa shape index (κ2) is 6.88. The van der Waals surface area contributed by atoms with E-state index in [2.05, 4.69) is 47.2 Å². The number of carbonyl (C=O) groups excluding carboxylic acids is 1. The number of rotatable bonds is 3. The first-order valence-electron chi connectivity index (χ1n) is 8.21. The molecule has 23 heavy (non-hydrogen) atoms. The molecule has 2 aromatic rings. The summed E-state index contributed by atoms with van der Waals surface area (Å²) in [5, 5.41) is 3.01. The predicted molar refractivity (Wildman–Crippen MR) is 98.9 cm³/mol. The summed E-state index contributed by atoms with van der Waals surface area (Å²) in [6.07, 6.45) is 3.52. The molecule has 1 N–H and O–H groups in total. The number of nitrogens with one attached hydrogen (secondary N) is 1. The standard InChI is InChI=1S/C20H22BrNO/c1-13(2)15-3-4-17-12-19(10-7-16(17)11-15)22-20(23)14-5-8-18(21)9-6-14/h5-10,12-13,15H,3-4,11H2,1-2H3,(H,22,23). The number of fused-ring (bicyclic) bond motifs is 1. The number of amides is 1. The number of benzene rings is 2. The minimum Gasteiger partial charge on any atom is -0.322 e. The molecule has 0 saturated carbocycles. The molecule has 2 aromatic carbocycles. The van der Waals surface area contributed by atoms with Crippen molar-refractivity contribution >= 4 is 27.5 Å². The molecule has 3 rings (SSSR count). The second-order valence-electron chi connectivity index (χ2n) is 6.69. The molecule has 0 heterocycles. The van der Waals surface area contributed by atoms with Gasteiger partial charge in [0.2, 0.25) is 0 Å². The largest absolute Gasteiger partial charge is 0.322 e. The van der Waals surface area contributed by atoms with Gasteiger partial charge in [-0.15, -0.1) is 0 Å². The Morgan fingerprint density at radius 1 is 1.13 bits per heavy atom. The van der Waals surface area contributed by atoms with Crippen molar-refractivity contribution in [3.63, 3.8) is 0 Å². The third-order valence-electron chi connectivity index (χ3n) is 4.78. The Labute approximate surface area is 146 Å². The van der Waals surface area contributed by atoms with E-state index in [1.807, 2.05) is 30.3 Å². The van der Waals surface area contributed by atoms with Crippen LogP contribution in [0.25, 0.3) is 0 Å². The molecule has 1 amide bonds. The SMILES string of the molecule is CC(C)C1CCc2cc(NC(=O)c3ccc(Br)cc3)ccc2C1. The van der Waals surface area contributed by atoms with Crippen molar-refractivity contribution in [2.24, 2.45) is 11.8 Å². The molecule has 0 bridgehead atoms. The molecule has 0 aliphatic heterocycles. The van der Waals surface area contributed by atoms with Crippen LogP contribution in [-0.4, -0.2) is 5.91 Å². The fraction of sp³-hybridized carbons (Fsp3) is 0.350. The maximum atomic E-state index is 12.3. The minimum atomic E-state index is -0.0617. The van der Waals surface area contributed by atoms with Gasteiger partial charge in [0.25, 0.3) is 5.91 Å². The van der Waals surface area contributed by atoms with Crippen molar-refractivity contribution in [2.75, 3.05) is 5.32 Å². The summed E-state index contributed by atoms with van der Waals surface area (Å²) < 4.78 is 0.975. The smallest absolute Gasteiger partial charge is 0.255 e. The fourth-order valence-corrected chi connectivity index (χ4v) is 3.50. The van der Waals surface area contributed by atoms with Gasteiger partial charge in [-0.1, -0.05) is 35.8 Å². The van der Waals surface area contributed by atoms with Crippen molar-refractivity contribution in [2.45, 2.75) is 33.1 Å². The molecule has 0 aromatic heterocycles. The molecular weight excluding hydrogens is 350 g/mol. The zero-order valence-electron chi connectivity index (χ0n) is 13.6. The Balaban J connectivity index is 1.73. The van der Waals surface area contributed by atoms with E-state index in [4.69, 9.17) is 0 Å².